The van der Waals surface area contributed by atoms with E-state index in [1.165, 1.54) is 17.0 Å². The number of carboxylic acid groups (broad SMARTS) is 1. The number of piperidine rings is 1. The molecule has 1 amide bonds. The second kappa shape index (κ2) is 3.61. The third kappa shape index (κ3) is 1.62. The Morgan fingerprint density at radius 2 is 2.35 bits per heavy atom. The molecule has 90 valence electrons. The van der Waals surface area contributed by atoms with Crippen LogP contribution in [0.1, 0.15) is 17.9 Å². The lowest BCUT2D eigenvalue weighted by Gasteiger charge is -2.32. The fourth-order valence-corrected chi connectivity index (χ4v) is 2.64. The Hall–Kier alpha value is -1.78. The molecule has 5 heteroatoms. The number of amides is 1. The van der Waals surface area contributed by atoms with E-state index in [4.69, 9.17) is 9.84 Å². The molecule has 1 N–H and O–H groups in total. The number of nitrogens with zero attached hydrogens (tertiary/aromatic N) is 1. The Morgan fingerprint density at radius 1 is 1.53 bits per heavy atom. The molecule has 3 rings (SSSR count). The molecule has 2 aliphatic rings. The molecular formula is C12H12FNO3. The zero-order valence-electron chi connectivity index (χ0n) is 9.10. The van der Waals surface area contributed by atoms with Crippen molar-refractivity contribution in [3.05, 3.63) is 29.6 Å². The summed E-state index contributed by atoms with van der Waals surface area (Å²) in [5, 5.41) is 8.93. The monoisotopic (exact) mass is 237 g/mol. The molecule has 1 aromatic rings. The largest absolute Gasteiger partial charge is 0.488 e. The quantitative estimate of drug-likeness (QED) is 0.751. The minimum atomic E-state index is -0.922. The van der Waals surface area contributed by atoms with Crippen LogP contribution in [-0.2, 0) is 0 Å². The number of benzene rings is 1. The summed E-state index contributed by atoms with van der Waals surface area (Å²) in [5.74, 6) is 0.540. The number of ether oxygens (including phenoxy) is 1. The Bertz CT molecular complexity index is 477. The van der Waals surface area contributed by atoms with Gasteiger partial charge in [-0.2, -0.15) is 0 Å². The smallest absolute Gasteiger partial charge is 0.407 e. The van der Waals surface area contributed by atoms with Crippen molar-refractivity contribution >= 4 is 6.09 Å². The lowest BCUT2D eigenvalue weighted by atomic mass is 9.89. The second-order valence-electron chi connectivity index (χ2n) is 4.46. The molecule has 0 aliphatic carbocycles. The molecule has 1 saturated heterocycles. The number of fused-ring (bicyclic) bond motifs is 3. The number of halogens is 1. The van der Waals surface area contributed by atoms with Crippen molar-refractivity contribution in [1.29, 1.82) is 0 Å². The molecule has 0 saturated carbocycles. The van der Waals surface area contributed by atoms with Crippen LogP contribution in [0, 0.1) is 5.82 Å². The van der Waals surface area contributed by atoms with Gasteiger partial charge in [0, 0.05) is 18.0 Å². The van der Waals surface area contributed by atoms with Gasteiger partial charge in [-0.3, -0.25) is 0 Å². The van der Waals surface area contributed by atoms with Gasteiger partial charge >= 0.3 is 6.09 Å². The number of rotatable bonds is 0. The van der Waals surface area contributed by atoms with Gasteiger partial charge in [0.15, 0.2) is 0 Å². The van der Waals surface area contributed by atoms with E-state index in [1.54, 1.807) is 6.07 Å². The first-order chi connectivity index (χ1) is 8.15. The summed E-state index contributed by atoms with van der Waals surface area (Å²) in [6, 6.07) is 4.48. The molecule has 0 bridgehead atoms. The molecule has 1 fully saturated rings. The first-order valence-electron chi connectivity index (χ1n) is 5.59. The van der Waals surface area contributed by atoms with Gasteiger partial charge in [0.25, 0.3) is 0 Å². The van der Waals surface area contributed by atoms with Crippen LogP contribution in [0.15, 0.2) is 18.2 Å². The lowest BCUT2D eigenvalue weighted by Crippen LogP contribution is -2.45. The maximum absolute atomic E-state index is 13.2. The van der Waals surface area contributed by atoms with Gasteiger partial charge in [-0.05, 0) is 24.6 Å². The molecule has 2 unspecified atom stereocenters. The molecule has 2 heterocycles. The maximum Gasteiger partial charge on any atom is 0.407 e. The Labute approximate surface area is 97.6 Å². The van der Waals surface area contributed by atoms with Gasteiger partial charge in [-0.25, -0.2) is 9.18 Å². The molecule has 0 aromatic heterocycles. The summed E-state index contributed by atoms with van der Waals surface area (Å²) in [5.41, 5.74) is 0.875. The van der Waals surface area contributed by atoms with Gasteiger partial charge in [0.05, 0.1) is 6.54 Å². The van der Waals surface area contributed by atoms with E-state index in [2.05, 4.69) is 0 Å². The Morgan fingerprint density at radius 3 is 3.12 bits per heavy atom. The molecule has 17 heavy (non-hydrogen) atoms. The van der Waals surface area contributed by atoms with Gasteiger partial charge in [-0.15, -0.1) is 0 Å². The van der Waals surface area contributed by atoms with E-state index in [1.807, 2.05) is 0 Å². The van der Waals surface area contributed by atoms with Crippen LogP contribution in [0.2, 0.25) is 0 Å². The van der Waals surface area contributed by atoms with Crippen molar-refractivity contribution in [2.75, 3.05) is 13.1 Å². The van der Waals surface area contributed by atoms with Crippen molar-refractivity contribution in [2.24, 2.45) is 0 Å². The summed E-state index contributed by atoms with van der Waals surface area (Å²) in [6.07, 6.45) is -0.404. The average molecular weight is 237 g/mol. The van der Waals surface area contributed by atoms with Crippen LogP contribution in [0.4, 0.5) is 9.18 Å². The minimum Gasteiger partial charge on any atom is -0.488 e. The van der Waals surface area contributed by atoms with Crippen molar-refractivity contribution in [1.82, 2.24) is 4.90 Å². The lowest BCUT2D eigenvalue weighted by molar-refractivity contribution is 0.0813. The first-order valence-corrected chi connectivity index (χ1v) is 5.59. The first kappa shape index (κ1) is 10.4. The number of hydrogen-bond donors (Lipinski definition) is 1. The highest BCUT2D eigenvalue weighted by atomic mass is 19.1. The molecular weight excluding hydrogens is 225 g/mol. The van der Waals surface area contributed by atoms with E-state index >= 15 is 0 Å². The predicted octanol–water partition coefficient (Wildman–Crippen LogP) is 2.05. The highest BCUT2D eigenvalue weighted by molar-refractivity contribution is 5.65. The van der Waals surface area contributed by atoms with Crippen LogP contribution < -0.4 is 4.74 Å². The van der Waals surface area contributed by atoms with E-state index in [9.17, 15) is 9.18 Å². The summed E-state index contributed by atoms with van der Waals surface area (Å²) >= 11 is 0. The number of likely N-dealkylation sites (tertiary alicyclic amines) is 1. The van der Waals surface area contributed by atoms with Gasteiger partial charge in [0.1, 0.15) is 17.7 Å². The van der Waals surface area contributed by atoms with Crippen molar-refractivity contribution in [3.63, 3.8) is 0 Å². The minimum absolute atomic E-state index is 0.122. The number of carbonyl (C=O) groups is 1. The zero-order chi connectivity index (χ0) is 12.0. The summed E-state index contributed by atoms with van der Waals surface area (Å²) < 4.78 is 18.8. The van der Waals surface area contributed by atoms with Crippen molar-refractivity contribution < 1.29 is 19.0 Å². The van der Waals surface area contributed by atoms with Gasteiger partial charge in [0.2, 0.25) is 0 Å². The fraction of sp³-hybridized carbons (Fsp3) is 0.417. The second-order valence-corrected chi connectivity index (χ2v) is 4.46. The summed E-state index contributed by atoms with van der Waals surface area (Å²) in [6.45, 7) is 0.839. The highest BCUT2D eigenvalue weighted by Crippen LogP contribution is 2.42. The SMILES string of the molecule is O=C(O)N1CCC2c3cc(F)ccc3OC2C1. The standard InChI is InChI=1S/C12H12FNO3/c13-7-1-2-10-9(5-7)8-3-4-14(12(15)16)6-11(8)17-10/h1-2,5,8,11H,3-4,6H2,(H,15,16). The van der Waals surface area contributed by atoms with Crippen LogP contribution in [0.5, 0.6) is 5.75 Å². The number of hydrogen-bond acceptors (Lipinski definition) is 2. The molecule has 0 radical (unpaired) electrons. The average Bonchev–Trinajstić information content (AvgIpc) is 2.66. The fourth-order valence-electron chi connectivity index (χ4n) is 2.64. The molecule has 2 aliphatic heterocycles. The van der Waals surface area contributed by atoms with Crippen molar-refractivity contribution in [2.45, 2.75) is 18.4 Å². The van der Waals surface area contributed by atoms with E-state index in [0.29, 0.717) is 25.3 Å². The normalized spacial score (nSPS) is 26.1. The van der Waals surface area contributed by atoms with Gasteiger partial charge < -0.3 is 14.7 Å². The Kier molecular flexibility index (Phi) is 2.21. The van der Waals surface area contributed by atoms with Crippen LogP contribution >= 0.6 is 0 Å². The van der Waals surface area contributed by atoms with E-state index < -0.39 is 6.09 Å². The maximum atomic E-state index is 13.2. The third-order valence-electron chi connectivity index (χ3n) is 3.48. The molecule has 1 aromatic carbocycles. The zero-order valence-corrected chi connectivity index (χ0v) is 9.10. The summed E-state index contributed by atoms with van der Waals surface area (Å²) in [7, 11) is 0. The van der Waals surface area contributed by atoms with Crippen LogP contribution in [0.25, 0.3) is 0 Å². The molecule has 0 spiro atoms. The highest BCUT2D eigenvalue weighted by Gasteiger charge is 2.40. The molecule has 4 nitrogen and oxygen atoms in total. The molecule has 2 atom stereocenters. The van der Waals surface area contributed by atoms with Crippen molar-refractivity contribution in [3.8, 4) is 5.75 Å². The topological polar surface area (TPSA) is 49.8 Å². The predicted molar refractivity (Wildman–Crippen MR) is 57.8 cm³/mol. The van der Waals surface area contributed by atoms with E-state index in [0.717, 1.165) is 5.56 Å². The van der Waals surface area contributed by atoms with E-state index in [-0.39, 0.29) is 17.8 Å². The van der Waals surface area contributed by atoms with Crippen LogP contribution in [-0.4, -0.2) is 35.3 Å². The Balaban J connectivity index is 1.87. The van der Waals surface area contributed by atoms with Gasteiger partial charge in [-0.1, -0.05) is 0 Å². The van der Waals surface area contributed by atoms with Crippen LogP contribution in [0.3, 0.4) is 0 Å². The summed E-state index contributed by atoms with van der Waals surface area (Å²) in [4.78, 5) is 12.2. The third-order valence-corrected chi connectivity index (χ3v) is 3.48.